The van der Waals surface area contributed by atoms with Crippen LogP contribution >= 0.6 is 11.3 Å². The number of aliphatic hydroxyl groups excluding tert-OH is 1. The van der Waals surface area contributed by atoms with Crippen molar-refractivity contribution in [3.05, 3.63) is 123 Å². The molecule has 0 aliphatic carbocycles. The second-order valence-corrected chi connectivity index (χ2v) is 24.3. The van der Waals surface area contributed by atoms with E-state index in [4.69, 9.17) is 4.74 Å². The molecule has 6 N–H and O–H groups in total. The van der Waals surface area contributed by atoms with Crippen LogP contribution in [0.4, 0.5) is 28.9 Å². The molecule has 2 aromatic heterocycles. The van der Waals surface area contributed by atoms with Gasteiger partial charge in [0, 0.05) is 121 Å². The first kappa shape index (κ1) is 63.9. The van der Waals surface area contributed by atoms with E-state index < -0.39 is 75.9 Å². The van der Waals surface area contributed by atoms with E-state index >= 15 is 4.39 Å². The normalized spacial score (nSPS) is 19.4. The first-order valence-corrected chi connectivity index (χ1v) is 29.6. The fraction of sp³-hybridized carbons (Fsp3) is 0.492. The number of piperazine rings is 2. The van der Waals surface area contributed by atoms with Crippen LogP contribution in [0.3, 0.4) is 0 Å². The fourth-order valence-electron chi connectivity index (χ4n) is 11.0. The Balaban J connectivity index is 0.759. The number of aliphatic hydroxyl groups is 1. The highest BCUT2D eigenvalue weighted by Gasteiger charge is 2.45. The number of amides is 5. The largest absolute Gasteiger partial charge is 0.417 e. The van der Waals surface area contributed by atoms with E-state index in [0.717, 1.165) is 46.5 Å². The third kappa shape index (κ3) is 16.7. The monoisotopic (exact) mass is 1200 g/mol. The van der Waals surface area contributed by atoms with Gasteiger partial charge >= 0.3 is 6.18 Å². The van der Waals surface area contributed by atoms with E-state index in [1.54, 1.807) is 47.2 Å². The number of nitrogens with one attached hydrogen (secondary N) is 5. The van der Waals surface area contributed by atoms with Gasteiger partial charge in [-0.2, -0.15) is 13.2 Å². The van der Waals surface area contributed by atoms with Crippen molar-refractivity contribution in [3.63, 3.8) is 0 Å². The average molecular weight is 1200 g/mol. The predicted molar refractivity (Wildman–Crippen MR) is 317 cm³/mol. The zero-order valence-corrected chi connectivity index (χ0v) is 49.9. The van der Waals surface area contributed by atoms with Gasteiger partial charge in [-0.05, 0) is 79.8 Å². The smallest absolute Gasteiger partial charge is 0.391 e. The molecule has 3 fully saturated rings. The van der Waals surface area contributed by atoms with E-state index in [1.807, 2.05) is 63.9 Å². The Morgan fingerprint density at radius 2 is 1.51 bits per heavy atom. The molecular formula is C61H77F4N11O8S. The maximum absolute atomic E-state index is 15.8. The lowest BCUT2D eigenvalue weighted by Gasteiger charge is -2.44. The molecule has 0 saturated carbocycles. The number of β-amino-alcohol motifs (C(OH)–C–C–N with tert-alkyl or cyclic N) is 1. The topological polar surface area (TPSA) is 225 Å². The second kappa shape index (κ2) is 28.0. The van der Waals surface area contributed by atoms with E-state index in [-0.39, 0.29) is 74.8 Å². The van der Waals surface area contributed by atoms with E-state index in [1.165, 1.54) is 11.0 Å². The SMILES string of the molecule is Cc1ncsc1-c1ccc(CNC(=O)[C@@H]2C[C@@H](O)CN2C(=O)[C@@H](NC(=O)CCOCCC(=O)NCCN2CCN(Cc3ccc(F)c(-c4ccc(N5C[C@@H](C)N(C)[C@@H](C)C5)c(NC(=O)c5c[nH]c(=O)cc5C(F)(F)F)c4)c3)CC2)C(C)(C)C)cc1. The Kier molecular flexibility index (Phi) is 21.0. The number of aromatic nitrogens is 2. The number of aryl methyl sites for hydroxylation is 1. The summed E-state index contributed by atoms with van der Waals surface area (Å²) in [4.78, 5) is 96.6. The number of likely N-dealkylation sites (tertiary alicyclic amines) is 1. The summed E-state index contributed by atoms with van der Waals surface area (Å²) in [6.07, 6.45) is -5.07. The van der Waals surface area contributed by atoms with Gasteiger partial charge in [0.1, 0.15) is 17.9 Å². The Bertz CT molecular complexity index is 3220. The summed E-state index contributed by atoms with van der Waals surface area (Å²) in [7, 11) is 2.01. The number of ether oxygens (including phenoxy) is 1. The van der Waals surface area contributed by atoms with Crippen molar-refractivity contribution in [1.29, 1.82) is 0 Å². The van der Waals surface area contributed by atoms with Crippen molar-refractivity contribution >= 4 is 52.2 Å². The number of aromatic amines is 1. The molecule has 85 heavy (non-hydrogen) atoms. The number of anilines is 2. The standard InChI is InChI=1S/C61H77F4N11O8S/c1-37-32-75(33-38(2)72(37)7)50-15-13-43(27-49(50)70-57(81)46-31-67-54(80)29-47(46)61(63,64)65)45-26-41(10-14-48(45)62)34-74-22-20-73(21-23-74)19-18-66-52(78)16-24-84-25-17-53(79)71-56(60(4,5)6)59(83)76-35-44(77)28-51(76)58(82)68-30-40-8-11-42(12-9-40)55-39(3)69-36-85-55/h8-15,26-27,29,31,36-38,44,51,56,77H,16-25,28,30,32-35H2,1-7H3,(H,66,78)(H,67,80)(H,68,82)(H,70,81)(H,71,79)/t37-,38+,44-,51+,56-/m1/s1. The minimum Gasteiger partial charge on any atom is -0.391 e. The van der Waals surface area contributed by atoms with Crippen LogP contribution in [0.15, 0.2) is 83.2 Å². The quantitative estimate of drug-likeness (QED) is 0.0354. The number of nitrogens with zero attached hydrogens (tertiary/aromatic N) is 6. The summed E-state index contributed by atoms with van der Waals surface area (Å²) >= 11 is 1.55. The lowest BCUT2D eigenvalue weighted by atomic mass is 9.85. The van der Waals surface area contributed by atoms with E-state index in [2.05, 4.69) is 59.8 Å². The fourth-order valence-corrected chi connectivity index (χ4v) is 11.8. The molecule has 5 amide bonds. The number of pyridine rings is 1. The van der Waals surface area contributed by atoms with Gasteiger partial charge in [0.05, 0.1) is 57.9 Å². The third-order valence-electron chi connectivity index (χ3n) is 16.0. The molecule has 3 saturated heterocycles. The van der Waals surface area contributed by atoms with Crippen LogP contribution in [-0.2, 0) is 43.2 Å². The van der Waals surface area contributed by atoms with Gasteiger partial charge in [-0.3, -0.25) is 43.5 Å². The van der Waals surface area contributed by atoms with E-state index in [0.29, 0.717) is 63.1 Å². The highest BCUT2D eigenvalue weighted by molar-refractivity contribution is 7.13. The first-order valence-electron chi connectivity index (χ1n) is 28.7. The number of hydrogen-bond acceptors (Lipinski definition) is 14. The number of carbonyl (C=O) groups is 5. The molecule has 3 aliphatic heterocycles. The van der Waals surface area contributed by atoms with Crippen molar-refractivity contribution in [2.75, 3.05) is 89.4 Å². The van der Waals surface area contributed by atoms with Crippen molar-refractivity contribution in [3.8, 4) is 21.6 Å². The molecule has 0 radical (unpaired) electrons. The Morgan fingerprint density at radius 1 is 0.847 bits per heavy atom. The molecule has 24 heteroatoms. The van der Waals surface area contributed by atoms with Crippen molar-refractivity contribution in [1.82, 2.24) is 45.5 Å². The number of benzene rings is 3. The molecule has 5 aromatic rings. The molecule has 458 valence electrons. The summed E-state index contributed by atoms with van der Waals surface area (Å²) in [6.45, 7) is 17.2. The lowest BCUT2D eigenvalue weighted by molar-refractivity contribution is -0.144. The van der Waals surface area contributed by atoms with Crippen LogP contribution in [0, 0.1) is 18.2 Å². The Morgan fingerprint density at radius 3 is 2.16 bits per heavy atom. The van der Waals surface area contributed by atoms with Crippen LogP contribution in [0.2, 0.25) is 0 Å². The van der Waals surface area contributed by atoms with Gasteiger partial charge < -0.3 is 45.9 Å². The van der Waals surface area contributed by atoms with Gasteiger partial charge in [0.2, 0.25) is 29.2 Å². The molecule has 0 bridgehead atoms. The van der Waals surface area contributed by atoms with Crippen LogP contribution in [0.1, 0.15) is 86.6 Å². The summed E-state index contributed by atoms with van der Waals surface area (Å²) in [5.74, 6) is -3.13. The van der Waals surface area contributed by atoms with Gasteiger partial charge in [0.15, 0.2) is 0 Å². The number of likely N-dealkylation sites (N-methyl/N-ethyl adjacent to an activating group) is 1. The second-order valence-electron chi connectivity index (χ2n) is 23.4. The minimum atomic E-state index is -4.98. The van der Waals surface area contributed by atoms with Crippen LogP contribution < -0.4 is 31.7 Å². The molecule has 8 rings (SSSR count). The third-order valence-corrected chi connectivity index (χ3v) is 17.0. The van der Waals surface area contributed by atoms with Crippen LogP contribution in [0.5, 0.6) is 0 Å². The van der Waals surface area contributed by atoms with Gasteiger partial charge in [-0.15, -0.1) is 11.3 Å². The summed E-state index contributed by atoms with van der Waals surface area (Å²) in [6, 6.07) is 16.3. The molecule has 5 atom stereocenters. The summed E-state index contributed by atoms with van der Waals surface area (Å²) in [5.41, 5.74) is 2.98. The zero-order valence-electron chi connectivity index (χ0n) is 49.1. The first-order chi connectivity index (χ1) is 40.3. The molecule has 0 unspecified atom stereocenters. The van der Waals surface area contributed by atoms with Gasteiger partial charge in [-0.1, -0.05) is 57.2 Å². The van der Waals surface area contributed by atoms with Crippen molar-refractivity contribution in [2.45, 2.75) is 110 Å². The Labute approximate surface area is 496 Å². The van der Waals surface area contributed by atoms with E-state index in [9.17, 15) is 47.0 Å². The average Bonchev–Trinajstić information content (AvgIpc) is 2.46. The summed E-state index contributed by atoms with van der Waals surface area (Å²) in [5, 5.41) is 21.9. The minimum absolute atomic E-state index is 0.00788. The van der Waals surface area contributed by atoms with Crippen LogP contribution in [0.25, 0.3) is 21.6 Å². The number of halogens is 4. The number of carbonyl (C=O) groups excluding carboxylic acids is 5. The maximum Gasteiger partial charge on any atom is 0.417 e. The molecule has 3 aliphatic rings. The Hall–Kier alpha value is -7.09. The molecule has 0 spiro atoms. The van der Waals surface area contributed by atoms with Gasteiger partial charge in [-0.25, -0.2) is 9.37 Å². The summed E-state index contributed by atoms with van der Waals surface area (Å²) < 4.78 is 63.5. The predicted octanol–water partition coefficient (Wildman–Crippen LogP) is 6.25. The molecule has 19 nitrogen and oxygen atoms in total. The molecule has 5 heterocycles. The highest BCUT2D eigenvalue weighted by Crippen LogP contribution is 2.37. The van der Waals surface area contributed by atoms with Crippen molar-refractivity contribution < 1.29 is 51.4 Å². The number of rotatable bonds is 21. The van der Waals surface area contributed by atoms with Gasteiger partial charge in [0.25, 0.3) is 5.91 Å². The number of hydrogen-bond donors (Lipinski definition) is 6. The highest BCUT2D eigenvalue weighted by atomic mass is 32.1. The lowest BCUT2D eigenvalue weighted by Crippen LogP contribution is -2.57. The molecular weight excluding hydrogens is 1120 g/mol. The molecule has 3 aromatic carbocycles. The number of alkyl halides is 3. The number of H-pyrrole nitrogens is 1. The maximum atomic E-state index is 15.8. The zero-order chi connectivity index (χ0) is 61.3. The van der Waals surface area contributed by atoms with Crippen LogP contribution in [-0.4, -0.2) is 174 Å². The van der Waals surface area contributed by atoms with Crippen molar-refractivity contribution in [2.24, 2.45) is 5.41 Å². The number of thiazole rings is 1.